The number of benzene rings is 2. The zero-order valence-corrected chi connectivity index (χ0v) is 29.8. The summed E-state index contributed by atoms with van der Waals surface area (Å²) in [5, 5.41) is 17.4. The molecule has 3 heterocycles. The first-order valence-electron chi connectivity index (χ1n) is 16.7. The number of aliphatic hydroxyl groups is 1. The Hall–Kier alpha value is -3.08. The van der Waals surface area contributed by atoms with E-state index in [1.807, 2.05) is 51.1 Å². The Morgan fingerprint density at radius 2 is 1.90 bits per heavy atom. The number of rotatable bonds is 16. The number of carbonyl (C=O) groups excluding carboxylic acids is 2. The van der Waals surface area contributed by atoms with Crippen LogP contribution >= 0.6 is 11.8 Å². The lowest BCUT2D eigenvalue weighted by Crippen LogP contribution is -2.52. The first kappa shape index (κ1) is 37.2. The SMILES string of the molecule is CCSC(=O)NCCCC(C)(C)CN(C[C@@H](O)[C@H](Cc1ccccc1)NC(=O)O[C@H]1CO[C@H]2OCC[C@H]21)S(=O)(=O)c1ccc2c(c1)OCO2. The number of hydrogen-bond acceptors (Lipinski definition) is 11. The van der Waals surface area contributed by atoms with Crippen LogP contribution in [-0.4, -0.2) is 99.1 Å². The standard InChI is InChI=1S/C34H47N3O10S2/c1-4-48-33(40)35-15-8-14-34(2,3)21-37(49(41,42)24-11-12-28-29(18-24)46-22-45-28)19-27(38)26(17-23-9-6-5-7-10-23)36-32(39)47-30-20-44-31-25(30)13-16-43-31/h5-7,9-12,18,25-27,30-31,38H,4,8,13-17,19-22H2,1-3H3,(H,35,40)(H,36,39)/t25-,26-,27+,30-,31+/m0/s1. The molecular formula is C34H47N3O10S2. The Balaban J connectivity index is 1.34. The van der Waals surface area contributed by atoms with Gasteiger partial charge in [-0.15, -0.1) is 0 Å². The highest BCUT2D eigenvalue weighted by molar-refractivity contribution is 8.13. The van der Waals surface area contributed by atoms with Gasteiger partial charge in [-0.3, -0.25) is 4.79 Å². The zero-order valence-electron chi connectivity index (χ0n) is 28.2. The topological polar surface area (TPSA) is 162 Å². The highest BCUT2D eigenvalue weighted by atomic mass is 32.2. The minimum Gasteiger partial charge on any atom is -0.454 e. The van der Waals surface area contributed by atoms with Crippen LogP contribution < -0.4 is 20.1 Å². The van der Waals surface area contributed by atoms with E-state index in [-0.39, 0.29) is 49.0 Å². The number of amides is 2. The van der Waals surface area contributed by atoms with Gasteiger partial charge < -0.3 is 39.4 Å². The van der Waals surface area contributed by atoms with Crippen molar-refractivity contribution in [1.82, 2.24) is 14.9 Å². The van der Waals surface area contributed by atoms with E-state index in [0.717, 1.165) is 5.56 Å². The van der Waals surface area contributed by atoms with Crippen molar-refractivity contribution in [2.75, 3.05) is 45.4 Å². The Morgan fingerprint density at radius 1 is 1.12 bits per heavy atom. The van der Waals surface area contributed by atoms with Crippen LogP contribution in [0.2, 0.25) is 0 Å². The highest BCUT2D eigenvalue weighted by Crippen LogP contribution is 2.36. The predicted molar refractivity (Wildman–Crippen MR) is 183 cm³/mol. The predicted octanol–water partition coefficient (Wildman–Crippen LogP) is 4.13. The fourth-order valence-corrected chi connectivity index (χ4v) is 8.42. The van der Waals surface area contributed by atoms with E-state index in [9.17, 15) is 23.1 Å². The van der Waals surface area contributed by atoms with Crippen molar-refractivity contribution >= 4 is 33.1 Å². The first-order chi connectivity index (χ1) is 23.4. The first-order valence-corrected chi connectivity index (χ1v) is 19.1. The third-order valence-electron chi connectivity index (χ3n) is 8.86. The lowest BCUT2D eigenvalue weighted by molar-refractivity contribution is -0.0907. The molecule has 13 nitrogen and oxygen atoms in total. The lowest BCUT2D eigenvalue weighted by Gasteiger charge is -2.35. The number of ether oxygens (including phenoxy) is 5. The molecule has 3 N–H and O–H groups in total. The summed E-state index contributed by atoms with van der Waals surface area (Å²) in [6, 6.07) is 12.9. The maximum absolute atomic E-state index is 14.3. The highest BCUT2D eigenvalue weighted by Gasteiger charge is 2.44. The van der Waals surface area contributed by atoms with E-state index in [0.29, 0.717) is 49.7 Å². The molecule has 0 unspecified atom stereocenters. The quantitative estimate of drug-likeness (QED) is 0.214. The van der Waals surface area contributed by atoms with Crippen molar-refractivity contribution in [2.24, 2.45) is 11.3 Å². The van der Waals surface area contributed by atoms with Gasteiger partial charge in [0, 0.05) is 25.7 Å². The van der Waals surface area contributed by atoms with Crippen LogP contribution in [0.1, 0.15) is 45.6 Å². The van der Waals surface area contributed by atoms with Gasteiger partial charge in [0.2, 0.25) is 16.8 Å². The number of nitrogens with one attached hydrogen (secondary N) is 2. The van der Waals surface area contributed by atoms with Crippen LogP contribution in [0.15, 0.2) is 53.4 Å². The number of sulfonamides is 1. The molecular weight excluding hydrogens is 675 g/mol. The molecule has 2 saturated heterocycles. The van der Waals surface area contributed by atoms with E-state index in [2.05, 4.69) is 10.6 Å². The second kappa shape index (κ2) is 16.8. The van der Waals surface area contributed by atoms with Gasteiger partial charge in [-0.1, -0.05) is 62.9 Å². The number of fused-ring (bicyclic) bond motifs is 2. The monoisotopic (exact) mass is 721 g/mol. The summed E-state index contributed by atoms with van der Waals surface area (Å²) in [7, 11) is -4.18. The van der Waals surface area contributed by atoms with Gasteiger partial charge in [0.15, 0.2) is 17.8 Å². The number of carbonyl (C=O) groups is 2. The normalized spacial score (nSPS) is 21.3. The molecule has 0 bridgehead atoms. The van der Waals surface area contributed by atoms with E-state index in [4.69, 9.17) is 23.7 Å². The summed E-state index contributed by atoms with van der Waals surface area (Å²) >= 11 is 1.20. The van der Waals surface area contributed by atoms with Crippen LogP contribution in [0.3, 0.4) is 0 Å². The Labute approximate surface area is 292 Å². The average molecular weight is 722 g/mol. The number of thioether (sulfide) groups is 1. The number of hydrogen-bond donors (Lipinski definition) is 3. The largest absolute Gasteiger partial charge is 0.454 e. The van der Waals surface area contributed by atoms with Gasteiger partial charge in [0.25, 0.3) is 5.24 Å². The van der Waals surface area contributed by atoms with E-state index < -0.39 is 46.1 Å². The van der Waals surface area contributed by atoms with Crippen LogP contribution in [-0.2, 0) is 30.7 Å². The van der Waals surface area contributed by atoms with Crippen molar-refractivity contribution in [3.05, 3.63) is 54.1 Å². The van der Waals surface area contributed by atoms with Gasteiger partial charge in [-0.25, -0.2) is 13.2 Å². The van der Waals surface area contributed by atoms with Crippen molar-refractivity contribution < 1.29 is 46.8 Å². The summed E-state index contributed by atoms with van der Waals surface area (Å²) in [6.45, 7) is 6.75. The van der Waals surface area contributed by atoms with E-state index in [1.165, 1.54) is 28.2 Å². The third kappa shape index (κ3) is 10.0. The summed E-state index contributed by atoms with van der Waals surface area (Å²) in [4.78, 5) is 25.1. The van der Waals surface area contributed by atoms with E-state index in [1.54, 1.807) is 6.07 Å². The molecule has 3 aliphatic rings. The molecule has 0 radical (unpaired) electrons. The Morgan fingerprint density at radius 3 is 2.67 bits per heavy atom. The molecule has 15 heteroatoms. The molecule has 2 fully saturated rings. The molecule has 3 aliphatic heterocycles. The maximum Gasteiger partial charge on any atom is 0.407 e. The van der Waals surface area contributed by atoms with Crippen molar-refractivity contribution in [3.8, 4) is 11.5 Å². The fraction of sp³-hybridized carbons (Fsp3) is 0.588. The molecule has 2 aromatic carbocycles. The second-order valence-electron chi connectivity index (χ2n) is 13.2. The summed E-state index contributed by atoms with van der Waals surface area (Å²) in [5.74, 6) is 1.38. The molecule has 2 amide bonds. The summed E-state index contributed by atoms with van der Waals surface area (Å²) in [6.07, 6.45) is -0.763. The lowest BCUT2D eigenvalue weighted by atomic mass is 9.87. The minimum atomic E-state index is -4.18. The van der Waals surface area contributed by atoms with Crippen LogP contribution in [0.4, 0.5) is 9.59 Å². The molecule has 270 valence electrons. The van der Waals surface area contributed by atoms with Crippen LogP contribution in [0.25, 0.3) is 0 Å². The van der Waals surface area contributed by atoms with Crippen LogP contribution in [0, 0.1) is 11.3 Å². The smallest absolute Gasteiger partial charge is 0.407 e. The third-order valence-corrected chi connectivity index (χ3v) is 11.4. The molecule has 49 heavy (non-hydrogen) atoms. The van der Waals surface area contributed by atoms with Gasteiger partial charge in [0.05, 0.1) is 36.2 Å². The maximum atomic E-state index is 14.3. The molecule has 0 saturated carbocycles. The molecule has 5 atom stereocenters. The number of aliphatic hydroxyl groups excluding tert-OH is 1. The average Bonchev–Trinajstić information content (AvgIpc) is 3.82. The number of alkyl carbamates (subject to hydrolysis) is 1. The zero-order chi connectivity index (χ0) is 35.0. The van der Waals surface area contributed by atoms with Crippen LogP contribution in [0.5, 0.6) is 11.5 Å². The summed E-state index contributed by atoms with van der Waals surface area (Å²) < 4.78 is 57.6. The van der Waals surface area contributed by atoms with Crippen molar-refractivity contribution in [3.63, 3.8) is 0 Å². The minimum absolute atomic E-state index is 0.00800. The Bertz CT molecular complexity index is 1530. The van der Waals surface area contributed by atoms with Crippen molar-refractivity contribution in [1.29, 1.82) is 0 Å². The number of nitrogens with zero attached hydrogens (tertiary/aromatic N) is 1. The van der Waals surface area contributed by atoms with Crippen molar-refractivity contribution in [2.45, 2.75) is 75.9 Å². The molecule has 0 spiro atoms. The van der Waals surface area contributed by atoms with E-state index >= 15 is 0 Å². The second-order valence-corrected chi connectivity index (χ2v) is 16.4. The fourth-order valence-electron chi connectivity index (χ4n) is 6.29. The molecule has 0 aliphatic carbocycles. The van der Waals surface area contributed by atoms with Gasteiger partial charge >= 0.3 is 6.09 Å². The molecule has 5 rings (SSSR count). The Kier molecular flexibility index (Phi) is 12.7. The molecule has 0 aromatic heterocycles. The van der Waals surface area contributed by atoms with Gasteiger partial charge in [0.1, 0.15) is 6.10 Å². The van der Waals surface area contributed by atoms with Gasteiger partial charge in [-0.05, 0) is 54.5 Å². The summed E-state index contributed by atoms with van der Waals surface area (Å²) in [5.41, 5.74) is 0.296. The molecule has 2 aromatic rings. The van der Waals surface area contributed by atoms with Gasteiger partial charge in [-0.2, -0.15) is 4.31 Å².